The summed E-state index contributed by atoms with van der Waals surface area (Å²) >= 11 is 0. The van der Waals surface area contributed by atoms with Crippen LogP contribution in [0.5, 0.6) is 11.8 Å². The van der Waals surface area contributed by atoms with Crippen molar-refractivity contribution >= 4 is 39.5 Å². The Labute approximate surface area is 309 Å². The Morgan fingerprint density at radius 2 is 1.75 bits per heavy atom. The predicted molar refractivity (Wildman–Crippen MR) is 205 cm³/mol. The molecule has 2 aliphatic heterocycles. The normalized spacial score (nSPS) is 22.2. The van der Waals surface area contributed by atoms with Gasteiger partial charge in [-0.25, -0.2) is 8.78 Å². The number of alkyl halides is 2. The lowest BCUT2D eigenvalue weighted by molar-refractivity contribution is -0.134. The number of aromatic nitrogens is 4. The number of nitrogens with one attached hydrogen (secondary N) is 1. The fourth-order valence-electron chi connectivity index (χ4n) is 9.36. The molecule has 2 aliphatic carbocycles. The summed E-state index contributed by atoms with van der Waals surface area (Å²) in [4.78, 5) is 27.7. The number of hydrogen-bond acceptors (Lipinski definition) is 8. The van der Waals surface area contributed by atoms with Crippen LogP contribution < -0.4 is 14.4 Å². The lowest BCUT2D eigenvalue weighted by atomic mass is 9.64. The van der Waals surface area contributed by atoms with Crippen molar-refractivity contribution in [2.24, 2.45) is 11.3 Å². The van der Waals surface area contributed by atoms with Gasteiger partial charge >= 0.3 is 6.01 Å². The van der Waals surface area contributed by atoms with E-state index >= 15 is 0 Å². The molecule has 4 aromatic rings. The molecule has 2 saturated heterocycles. The first kappa shape index (κ1) is 35.6. The SMILES string of the molecule is C=CC(=O)C1CCCC2(CCN(c3nc(OC4CCN(CC)CC4)nc4c(OC5CC(F)(F)C5)c(-c5c(C)ccc6[nH]ncc56)c(C=C)cc34)CC2)C1. The number of piperidine rings is 2. The number of hydrogen-bond donors (Lipinski definition) is 1. The molecule has 280 valence electrons. The number of allylic oxidation sites excluding steroid dienone is 1. The molecule has 4 heterocycles. The number of fused-ring (bicyclic) bond motifs is 2. The Morgan fingerprint density at radius 1 is 0.981 bits per heavy atom. The largest absolute Gasteiger partial charge is 0.487 e. The molecule has 0 bridgehead atoms. The maximum atomic E-state index is 14.3. The number of carbonyl (C=O) groups is 1. The van der Waals surface area contributed by atoms with Gasteiger partial charge in [0.2, 0.25) is 0 Å². The third kappa shape index (κ3) is 6.81. The number of halogens is 2. The van der Waals surface area contributed by atoms with Crippen LogP contribution in [0.25, 0.3) is 39.0 Å². The van der Waals surface area contributed by atoms with E-state index in [0.29, 0.717) is 11.3 Å². The third-order valence-corrected chi connectivity index (χ3v) is 12.5. The van der Waals surface area contributed by atoms with Crippen LogP contribution in [0.1, 0.15) is 82.3 Å². The molecule has 53 heavy (non-hydrogen) atoms. The molecule has 2 aromatic carbocycles. The lowest BCUT2D eigenvalue weighted by Crippen LogP contribution is -2.44. The van der Waals surface area contributed by atoms with Crippen LogP contribution in [0.2, 0.25) is 0 Å². The Balaban J connectivity index is 1.26. The van der Waals surface area contributed by atoms with E-state index in [9.17, 15) is 13.6 Å². The Bertz CT molecular complexity index is 2040. The zero-order valence-corrected chi connectivity index (χ0v) is 30.9. The topological polar surface area (TPSA) is 96.5 Å². The second-order valence-corrected chi connectivity index (χ2v) is 15.8. The van der Waals surface area contributed by atoms with E-state index in [1.54, 1.807) is 12.3 Å². The Hall–Kier alpha value is -4.38. The van der Waals surface area contributed by atoms with Crippen molar-refractivity contribution in [2.45, 2.75) is 96.2 Å². The van der Waals surface area contributed by atoms with Gasteiger partial charge in [-0.3, -0.25) is 9.89 Å². The van der Waals surface area contributed by atoms with E-state index in [0.717, 1.165) is 128 Å². The highest BCUT2D eigenvalue weighted by Gasteiger charge is 2.48. The number of carbonyl (C=O) groups excluding carboxylic acids is 1. The number of benzene rings is 2. The fraction of sp³-hybridized carbons (Fsp3) is 0.524. The van der Waals surface area contributed by atoms with E-state index in [1.807, 2.05) is 19.1 Å². The smallest absolute Gasteiger partial charge is 0.319 e. The number of nitrogens with zero attached hydrogens (tertiary/aromatic N) is 5. The van der Waals surface area contributed by atoms with E-state index in [1.165, 1.54) is 6.08 Å². The first-order chi connectivity index (χ1) is 25.6. The van der Waals surface area contributed by atoms with Gasteiger partial charge in [0, 0.05) is 61.3 Å². The molecular weight excluding hydrogens is 674 g/mol. The van der Waals surface area contributed by atoms with Gasteiger partial charge in [0.15, 0.2) is 11.5 Å². The van der Waals surface area contributed by atoms with Gasteiger partial charge in [0.05, 0.1) is 11.7 Å². The van der Waals surface area contributed by atoms with Gasteiger partial charge in [-0.15, -0.1) is 0 Å². The lowest BCUT2D eigenvalue weighted by Gasteiger charge is -2.46. The summed E-state index contributed by atoms with van der Waals surface area (Å²) in [6, 6.07) is 6.36. The van der Waals surface area contributed by atoms with Gasteiger partial charge in [0.1, 0.15) is 23.5 Å². The molecule has 2 aromatic heterocycles. The zero-order chi connectivity index (χ0) is 36.9. The molecule has 4 fully saturated rings. The second-order valence-electron chi connectivity index (χ2n) is 15.8. The van der Waals surface area contributed by atoms with Gasteiger partial charge in [0.25, 0.3) is 5.92 Å². The van der Waals surface area contributed by atoms with Gasteiger partial charge in [-0.1, -0.05) is 38.6 Å². The van der Waals surface area contributed by atoms with Crippen LogP contribution in [0.15, 0.2) is 43.6 Å². The fourth-order valence-corrected chi connectivity index (χ4v) is 9.36. The summed E-state index contributed by atoms with van der Waals surface area (Å²) in [6.07, 6.45) is 11.3. The highest BCUT2D eigenvalue weighted by atomic mass is 19.3. The number of ether oxygens (including phenoxy) is 2. The van der Waals surface area contributed by atoms with Crippen molar-refractivity contribution in [3.63, 3.8) is 0 Å². The minimum absolute atomic E-state index is 0.0436. The van der Waals surface area contributed by atoms with Crippen molar-refractivity contribution in [3.8, 4) is 22.9 Å². The molecular formula is C42H50F2N6O3. The molecule has 2 saturated carbocycles. The third-order valence-electron chi connectivity index (χ3n) is 12.5. The van der Waals surface area contributed by atoms with Crippen molar-refractivity contribution in [1.29, 1.82) is 0 Å². The Kier molecular flexibility index (Phi) is 9.49. The standard InChI is InChI=1S/C42H50F2N6O3/c1-5-27-21-31-37(38(52-30-23-42(43,44)24-30)36(27)35-26(4)10-11-33-32(35)25-45-48-33)46-40(53-29-12-17-49(7-3)18-13-29)47-39(31)50-19-15-41(16-20-50)14-8-9-28(22-41)34(51)6-2/h5-6,10-11,21,25,28-30H,1-2,7-9,12-20,22-24H2,3-4H3,(H,45,48). The number of ketones is 1. The minimum atomic E-state index is -2.77. The van der Waals surface area contributed by atoms with E-state index < -0.39 is 12.0 Å². The molecule has 1 atom stereocenters. The summed E-state index contributed by atoms with van der Waals surface area (Å²) in [5.74, 6) is -1.38. The monoisotopic (exact) mass is 724 g/mol. The number of H-pyrrole nitrogens is 1. The quantitative estimate of drug-likeness (QED) is 0.162. The van der Waals surface area contributed by atoms with Crippen LogP contribution in [0.4, 0.5) is 14.6 Å². The van der Waals surface area contributed by atoms with Gasteiger partial charge in [-0.2, -0.15) is 15.1 Å². The summed E-state index contributed by atoms with van der Waals surface area (Å²) in [6.45, 7) is 16.6. The summed E-state index contributed by atoms with van der Waals surface area (Å²) in [5, 5.41) is 9.08. The van der Waals surface area contributed by atoms with Crippen molar-refractivity contribution < 1.29 is 23.0 Å². The van der Waals surface area contributed by atoms with Gasteiger partial charge in [-0.05, 0) is 98.7 Å². The molecule has 0 amide bonds. The highest BCUT2D eigenvalue weighted by Crippen LogP contribution is 2.51. The number of rotatable bonds is 10. The molecule has 8 rings (SSSR count). The molecule has 1 N–H and O–H groups in total. The highest BCUT2D eigenvalue weighted by molar-refractivity contribution is 6.07. The average molecular weight is 725 g/mol. The maximum Gasteiger partial charge on any atom is 0.319 e. The maximum absolute atomic E-state index is 14.3. The van der Waals surface area contributed by atoms with Crippen LogP contribution in [-0.2, 0) is 4.79 Å². The first-order valence-corrected chi connectivity index (χ1v) is 19.4. The summed E-state index contributed by atoms with van der Waals surface area (Å²) in [7, 11) is 0. The summed E-state index contributed by atoms with van der Waals surface area (Å²) < 4.78 is 42.0. The number of aryl methyl sites for hydroxylation is 1. The summed E-state index contributed by atoms with van der Waals surface area (Å²) in [5.41, 5.74) is 4.93. The number of anilines is 1. The van der Waals surface area contributed by atoms with Crippen LogP contribution in [0.3, 0.4) is 0 Å². The Morgan fingerprint density at radius 3 is 2.45 bits per heavy atom. The van der Waals surface area contributed by atoms with Gasteiger partial charge < -0.3 is 19.3 Å². The first-order valence-electron chi connectivity index (χ1n) is 19.4. The molecule has 1 spiro atoms. The van der Waals surface area contributed by atoms with Crippen molar-refractivity contribution in [2.75, 3.05) is 37.6 Å². The van der Waals surface area contributed by atoms with Crippen LogP contribution >= 0.6 is 0 Å². The minimum Gasteiger partial charge on any atom is -0.487 e. The molecule has 0 radical (unpaired) electrons. The number of likely N-dealkylation sites (tertiary alicyclic amines) is 1. The molecule has 4 aliphatic rings. The number of aromatic amines is 1. The second kappa shape index (κ2) is 14.1. The molecule has 9 nitrogen and oxygen atoms in total. The zero-order valence-electron chi connectivity index (χ0n) is 30.9. The average Bonchev–Trinajstić information content (AvgIpc) is 3.63. The molecule has 11 heteroatoms. The van der Waals surface area contributed by atoms with E-state index in [2.05, 4.69) is 46.1 Å². The van der Waals surface area contributed by atoms with Crippen molar-refractivity contribution in [1.82, 2.24) is 25.1 Å². The van der Waals surface area contributed by atoms with E-state index in [4.69, 9.17) is 19.4 Å². The molecule has 1 unspecified atom stereocenters. The van der Waals surface area contributed by atoms with E-state index in [-0.39, 0.29) is 42.1 Å². The van der Waals surface area contributed by atoms with Crippen molar-refractivity contribution in [3.05, 3.63) is 54.8 Å². The predicted octanol–water partition coefficient (Wildman–Crippen LogP) is 8.70. The van der Waals surface area contributed by atoms with Crippen LogP contribution in [0, 0.1) is 18.3 Å². The van der Waals surface area contributed by atoms with Crippen LogP contribution in [-0.4, -0.2) is 81.7 Å².